The molecule has 0 aliphatic rings. The van der Waals surface area contributed by atoms with Crippen LogP contribution in [0.5, 0.6) is 5.75 Å². The van der Waals surface area contributed by atoms with Gasteiger partial charge in [0.05, 0.1) is 12.3 Å². The average molecular weight is 311 g/mol. The highest BCUT2D eigenvalue weighted by Crippen LogP contribution is 2.19. The summed E-state index contributed by atoms with van der Waals surface area (Å²) in [5.41, 5.74) is 2.01. The molecule has 0 bridgehead atoms. The second-order valence-corrected chi connectivity index (χ2v) is 5.27. The van der Waals surface area contributed by atoms with Crippen LogP contribution in [0.1, 0.15) is 16.1 Å². The minimum absolute atomic E-state index is 0.00576. The first-order valence-electron chi connectivity index (χ1n) is 7.31. The molecule has 5 heteroatoms. The fourth-order valence-corrected chi connectivity index (χ4v) is 2.30. The molecule has 0 saturated carbocycles. The Morgan fingerprint density at radius 3 is 2.57 bits per heavy atom. The number of hydrogen-bond donors (Lipinski definition) is 3. The van der Waals surface area contributed by atoms with Crippen molar-refractivity contribution >= 4 is 16.7 Å². The maximum atomic E-state index is 12.5. The molecule has 2 aromatic carbocycles. The summed E-state index contributed by atoms with van der Waals surface area (Å²) in [6, 6.07) is 16.2. The highest BCUT2D eigenvalue weighted by Gasteiger charge is 2.12. The van der Waals surface area contributed by atoms with Gasteiger partial charge in [0.25, 0.3) is 0 Å². The molecule has 0 aliphatic carbocycles. The summed E-state index contributed by atoms with van der Waals surface area (Å²) in [7, 11) is 0. The van der Waals surface area contributed by atoms with Gasteiger partial charge in [0.15, 0.2) is 0 Å². The summed E-state index contributed by atoms with van der Waals surface area (Å²) in [6.07, 6.45) is -0.914. The molecule has 23 heavy (non-hydrogen) atoms. The lowest BCUT2D eigenvalue weighted by Gasteiger charge is -2.09. The number of rotatable bonds is 6. The third-order valence-electron chi connectivity index (χ3n) is 3.54. The second kappa shape index (κ2) is 6.64. The van der Waals surface area contributed by atoms with E-state index in [4.69, 9.17) is 9.84 Å². The van der Waals surface area contributed by atoms with Crippen molar-refractivity contribution < 1.29 is 19.7 Å². The first kappa shape index (κ1) is 15.3. The van der Waals surface area contributed by atoms with Gasteiger partial charge >= 0.3 is 0 Å². The molecule has 1 aromatic heterocycles. The Labute approximate surface area is 133 Å². The number of aromatic amines is 1. The smallest absolute Gasteiger partial charge is 0.209 e. The zero-order valence-corrected chi connectivity index (χ0v) is 12.4. The Bertz CT molecular complexity index is 774. The van der Waals surface area contributed by atoms with Crippen molar-refractivity contribution in [3.05, 3.63) is 65.9 Å². The summed E-state index contributed by atoms with van der Waals surface area (Å²) in [4.78, 5) is 15.6. The summed E-state index contributed by atoms with van der Waals surface area (Å²) in [5, 5.41) is 19.0. The number of hydrogen-bond acceptors (Lipinski definition) is 4. The van der Waals surface area contributed by atoms with Crippen LogP contribution in [0.3, 0.4) is 0 Å². The zero-order chi connectivity index (χ0) is 16.2. The van der Waals surface area contributed by atoms with Crippen LogP contribution < -0.4 is 4.74 Å². The van der Waals surface area contributed by atoms with Crippen LogP contribution >= 0.6 is 0 Å². The number of para-hydroxylation sites is 1. The van der Waals surface area contributed by atoms with Crippen molar-refractivity contribution in [1.82, 2.24) is 4.98 Å². The fraction of sp³-hybridized carbons (Fsp3) is 0.167. The number of H-pyrrole nitrogens is 1. The van der Waals surface area contributed by atoms with Crippen molar-refractivity contribution in [2.45, 2.75) is 6.10 Å². The van der Waals surface area contributed by atoms with E-state index in [0.29, 0.717) is 17.0 Å². The Balaban J connectivity index is 1.74. The van der Waals surface area contributed by atoms with Crippen LogP contribution in [0.25, 0.3) is 10.9 Å². The van der Waals surface area contributed by atoms with Gasteiger partial charge in [-0.1, -0.05) is 18.2 Å². The molecule has 0 radical (unpaired) electrons. The highest BCUT2D eigenvalue weighted by molar-refractivity contribution is 6.10. The summed E-state index contributed by atoms with van der Waals surface area (Å²) in [5.74, 6) is 0.439. The number of fused-ring (bicyclic) bond motifs is 1. The van der Waals surface area contributed by atoms with Gasteiger partial charge in [0.1, 0.15) is 18.5 Å². The lowest BCUT2D eigenvalue weighted by Crippen LogP contribution is -2.21. The molecular formula is C18H17NO4. The number of ether oxygens (including phenoxy) is 1. The van der Waals surface area contributed by atoms with Crippen molar-refractivity contribution in [2.24, 2.45) is 0 Å². The van der Waals surface area contributed by atoms with E-state index in [1.165, 1.54) is 0 Å². The van der Waals surface area contributed by atoms with E-state index in [2.05, 4.69) is 4.98 Å². The molecule has 1 atom stereocenters. The van der Waals surface area contributed by atoms with Crippen molar-refractivity contribution in [2.75, 3.05) is 13.2 Å². The van der Waals surface area contributed by atoms with Crippen LogP contribution in [-0.2, 0) is 0 Å². The topological polar surface area (TPSA) is 82.6 Å². The second-order valence-electron chi connectivity index (χ2n) is 5.27. The maximum Gasteiger partial charge on any atom is 0.209 e. The lowest BCUT2D eigenvalue weighted by atomic mass is 10.1. The lowest BCUT2D eigenvalue weighted by molar-refractivity contribution is 0.0536. The Morgan fingerprint density at radius 2 is 1.87 bits per heavy atom. The van der Waals surface area contributed by atoms with Gasteiger partial charge < -0.3 is 19.9 Å². The van der Waals surface area contributed by atoms with E-state index in [9.17, 15) is 9.90 Å². The summed E-state index contributed by atoms with van der Waals surface area (Å²) >= 11 is 0. The monoisotopic (exact) mass is 311 g/mol. The number of benzene rings is 2. The molecular weight excluding hydrogens is 294 g/mol. The van der Waals surface area contributed by atoms with Gasteiger partial charge in [-0.15, -0.1) is 0 Å². The quantitative estimate of drug-likeness (QED) is 0.609. The Hall–Kier alpha value is -2.63. The molecule has 0 saturated heterocycles. The van der Waals surface area contributed by atoms with E-state index >= 15 is 0 Å². The molecule has 3 aromatic rings. The number of nitrogens with one attached hydrogen (secondary N) is 1. The SMILES string of the molecule is O=C(c1ccc(OCC(O)CO)cc1)c1cc2ccccc2[nH]1. The number of aromatic nitrogens is 1. The average Bonchev–Trinajstić information content (AvgIpc) is 3.03. The molecule has 118 valence electrons. The number of aliphatic hydroxyl groups excluding tert-OH is 2. The standard InChI is InChI=1S/C18H17NO4/c20-10-14(21)11-23-15-7-5-12(6-8-15)18(22)17-9-13-3-1-2-4-16(13)19-17/h1-9,14,19-21H,10-11H2. The highest BCUT2D eigenvalue weighted by atomic mass is 16.5. The van der Waals surface area contributed by atoms with Crippen molar-refractivity contribution in [3.63, 3.8) is 0 Å². The fourth-order valence-electron chi connectivity index (χ4n) is 2.30. The van der Waals surface area contributed by atoms with Gasteiger partial charge in [-0.2, -0.15) is 0 Å². The van der Waals surface area contributed by atoms with Crippen LogP contribution in [-0.4, -0.2) is 40.3 Å². The van der Waals surface area contributed by atoms with Crippen LogP contribution in [0.15, 0.2) is 54.6 Å². The molecule has 0 spiro atoms. The molecule has 5 nitrogen and oxygen atoms in total. The van der Waals surface area contributed by atoms with Crippen LogP contribution in [0.4, 0.5) is 0 Å². The van der Waals surface area contributed by atoms with Crippen LogP contribution in [0.2, 0.25) is 0 Å². The molecule has 0 amide bonds. The van der Waals surface area contributed by atoms with E-state index in [0.717, 1.165) is 10.9 Å². The van der Waals surface area contributed by atoms with Crippen molar-refractivity contribution in [3.8, 4) is 5.75 Å². The maximum absolute atomic E-state index is 12.5. The third kappa shape index (κ3) is 3.41. The van der Waals surface area contributed by atoms with E-state index in [1.54, 1.807) is 24.3 Å². The molecule has 1 unspecified atom stereocenters. The number of carbonyl (C=O) groups is 1. The normalized spacial score (nSPS) is 12.3. The molecule has 1 heterocycles. The minimum Gasteiger partial charge on any atom is -0.491 e. The van der Waals surface area contributed by atoms with E-state index < -0.39 is 6.10 Å². The van der Waals surface area contributed by atoms with E-state index in [1.807, 2.05) is 30.3 Å². The van der Waals surface area contributed by atoms with Gasteiger partial charge in [-0.3, -0.25) is 4.79 Å². The number of carbonyl (C=O) groups excluding carboxylic acids is 1. The van der Waals surface area contributed by atoms with Crippen molar-refractivity contribution in [1.29, 1.82) is 0 Å². The molecule has 0 aliphatic heterocycles. The minimum atomic E-state index is -0.914. The van der Waals surface area contributed by atoms with Gasteiger partial charge in [0.2, 0.25) is 5.78 Å². The van der Waals surface area contributed by atoms with Crippen LogP contribution in [0, 0.1) is 0 Å². The Kier molecular flexibility index (Phi) is 4.41. The largest absolute Gasteiger partial charge is 0.491 e. The summed E-state index contributed by atoms with van der Waals surface area (Å²) < 4.78 is 5.32. The Morgan fingerprint density at radius 1 is 1.13 bits per heavy atom. The first-order valence-corrected chi connectivity index (χ1v) is 7.31. The number of aliphatic hydroxyl groups is 2. The molecule has 3 rings (SSSR count). The van der Waals surface area contributed by atoms with Gasteiger partial charge in [-0.05, 0) is 36.4 Å². The predicted octanol–water partition coefficient (Wildman–Crippen LogP) is 2.13. The third-order valence-corrected chi connectivity index (χ3v) is 3.54. The predicted molar refractivity (Wildman–Crippen MR) is 86.8 cm³/mol. The number of ketones is 1. The zero-order valence-electron chi connectivity index (χ0n) is 12.4. The van der Waals surface area contributed by atoms with Gasteiger partial charge in [-0.25, -0.2) is 0 Å². The van der Waals surface area contributed by atoms with E-state index in [-0.39, 0.29) is 19.0 Å². The molecule has 0 fully saturated rings. The first-order chi connectivity index (χ1) is 11.2. The van der Waals surface area contributed by atoms with Gasteiger partial charge in [0, 0.05) is 16.5 Å². The summed E-state index contributed by atoms with van der Waals surface area (Å²) in [6.45, 7) is -0.344. The molecule has 3 N–H and O–H groups in total.